The van der Waals surface area contributed by atoms with Crippen LogP contribution in [-0.4, -0.2) is 37.6 Å². The minimum Gasteiger partial charge on any atom is -0.478 e. The summed E-state index contributed by atoms with van der Waals surface area (Å²) in [6.45, 7) is 5.11. The normalized spacial score (nSPS) is 14.7. The summed E-state index contributed by atoms with van der Waals surface area (Å²) in [5, 5.41) is 9.44. The second-order valence-electron chi connectivity index (χ2n) is 8.95. The molecular weight excluding hydrogens is 450 g/mol. The lowest BCUT2D eigenvalue weighted by molar-refractivity contribution is 0.0696. The number of anilines is 2. The van der Waals surface area contributed by atoms with Gasteiger partial charge in [-0.15, -0.1) is 0 Å². The lowest BCUT2D eigenvalue weighted by Crippen LogP contribution is -2.35. The van der Waals surface area contributed by atoms with Gasteiger partial charge in [0, 0.05) is 19.3 Å². The summed E-state index contributed by atoms with van der Waals surface area (Å²) in [5.41, 5.74) is 3.09. The SMILES string of the molecule is Cc1cc(C)cc(S(=O)(=O)Nc2cc(C(=O)O)cnc2N2CCC(Cc3ccccc3)CC2)c1. The van der Waals surface area contributed by atoms with E-state index in [0.29, 0.717) is 11.7 Å². The number of aryl methyl sites for hydroxylation is 2. The molecule has 2 heterocycles. The highest BCUT2D eigenvalue weighted by Gasteiger charge is 2.25. The molecule has 0 atom stereocenters. The number of nitrogens with zero attached hydrogens (tertiary/aromatic N) is 2. The number of aromatic carboxylic acids is 1. The van der Waals surface area contributed by atoms with Gasteiger partial charge in [0.05, 0.1) is 16.1 Å². The molecule has 0 radical (unpaired) electrons. The highest BCUT2D eigenvalue weighted by molar-refractivity contribution is 7.92. The number of aromatic nitrogens is 1. The predicted molar refractivity (Wildman–Crippen MR) is 133 cm³/mol. The van der Waals surface area contributed by atoms with Crippen molar-refractivity contribution in [1.82, 2.24) is 4.98 Å². The van der Waals surface area contributed by atoms with Gasteiger partial charge in [0.1, 0.15) is 0 Å². The van der Waals surface area contributed by atoms with Crippen LogP contribution in [0.2, 0.25) is 0 Å². The first-order valence-corrected chi connectivity index (χ1v) is 12.8. The van der Waals surface area contributed by atoms with Crippen LogP contribution in [0, 0.1) is 19.8 Å². The van der Waals surface area contributed by atoms with Gasteiger partial charge in [-0.05, 0) is 73.9 Å². The van der Waals surface area contributed by atoms with E-state index in [2.05, 4.69) is 21.8 Å². The zero-order valence-electron chi connectivity index (χ0n) is 19.4. The maximum atomic E-state index is 13.2. The van der Waals surface area contributed by atoms with E-state index in [1.807, 2.05) is 43.0 Å². The Balaban J connectivity index is 1.57. The first-order chi connectivity index (χ1) is 16.2. The number of nitrogens with one attached hydrogen (secondary N) is 1. The fourth-order valence-corrected chi connectivity index (χ4v) is 5.73. The Kier molecular flexibility index (Phi) is 6.88. The van der Waals surface area contributed by atoms with Gasteiger partial charge in [0.2, 0.25) is 0 Å². The van der Waals surface area contributed by atoms with Crippen LogP contribution in [0.25, 0.3) is 0 Å². The van der Waals surface area contributed by atoms with E-state index in [1.54, 1.807) is 12.1 Å². The van der Waals surface area contributed by atoms with Crippen LogP contribution in [0.4, 0.5) is 11.5 Å². The first-order valence-electron chi connectivity index (χ1n) is 11.3. The summed E-state index contributed by atoms with van der Waals surface area (Å²) in [7, 11) is -3.92. The van der Waals surface area contributed by atoms with Crippen LogP contribution in [-0.2, 0) is 16.4 Å². The third kappa shape index (κ3) is 5.56. The number of benzene rings is 2. The number of carboxylic acid groups (broad SMARTS) is 1. The minimum atomic E-state index is -3.92. The molecule has 2 aromatic carbocycles. The zero-order chi connectivity index (χ0) is 24.3. The van der Waals surface area contributed by atoms with Gasteiger partial charge in [-0.1, -0.05) is 36.4 Å². The lowest BCUT2D eigenvalue weighted by atomic mass is 9.90. The van der Waals surface area contributed by atoms with Gasteiger partial charge in [0.15, 0.2) is 5.82 Å². The van der Waals surface area contributed by atoms with Crippen LogP contribution < -0.4 is 9.62 Å². The molecule has 0 aliphatic carbocycles. The van der Waals surface area contributed by atoms with Crippen molar-refractivity contribution in [3.63, 3.8) is 0 Å². The van der Waals surface area contributed by atoms with Crippen molar-refractivity contribution in [2.24, 2.45) is 5.92 Å². The van der Waals surface area contributed by atoms with E-state index in [9.17, 15) is 18.3 Å². The molecule has 0 amide bonds. The summed E-state index contributed by atoms with van der Waals surface area (Å²) < 4.78 is 29.0. The van der Waals surface area contributed by atoms with E-state index in [-0.39, 0.29) is 16.1 Å². The van der Waals surface area contributed by atoms with Crippen LogP contribution in [0.15, 0.2) is 65.7 Å². The first kappa shape index (κ1) is 23.8. The van der Waals surface area contributed by atoms with Gasteiger partial charge < -0.3 is 10.0 Å². The van der Waals surface area contributed by atoms with Crippen LogP contribution in [0.3, 0.4) is 0 Å². The Hall–Kier alpha value is -3.39. The zero-order valence-corrected chi connectivity index (χ0v) is 20.2. The maximum absolute atomic E-state index is 13.2. The molecule has 1 aromatic heterocycles. The lowest BCUT2D eigenvalue weighted by Gasteiger charge is -2.34. The van der Waals surface area contributed by atoms with Crippen molar-refractivity contribution >= 4 is 27.5 Å². The third-order valence-corrected chi connectivity index (χ3v) is 7.49. The molecule has 0 unspecified atom stereocenters. The molecule has 2 N–H and O–H groups in total. The number of hydrogen-bond donors (Lipinski definition) is 2. The van der Waals surface area contributed by atoms with Crippen molar-refractivity contribution in [1.29, 1.82) is 0 Å². The highest BCUT2D eigenvalue weighted by Crippen LogP contribution is 2.31. The Labute approximate surface area is 200 Å². The van der Waals surface area contributed by atoms with E-state index >= 15 is 0 Å². The van der Waals surface area contributed by atoms with Crippen molar-refractivity contribution in [3.05, 3.63) is 83.0 Å². The number of sulfonamides is 1. The second kappa shape index (κ2) is 9.85. The quantitative estimate of drug-likeness (QED) is 0.511. The average molecular weight is 480 g/mol. The highest BCUT2D eigenvalue weighted by atomic mass is 32.2. The summed E-state index contributed by atoms with van der Waals surface area (Å²) in [6.07, 6.45) is 4.18. The van der Waals surface area contributed by atoms with Gasteiger partial charge in [-0.25, -0.2) is 18.2 Å². The van der Waals surface area contributed by atoms with E-state index < -0.39 is 16.0 Å². The van der Waals surface area contributed by atoms with Crippen molar-refractivity contribution < 1.29 is 18.3 Å². The molecule has 8 heteroatoms. The summed E-state index contributed by atoms with van der Waals surface area (Å²) >= 11 is 0. The average Bonchev–Trinajstić information content (AvgIpc) is 2.79. The van der Waals surface area contributed by atoms with Crippen LogP contribution in [0.5, 0.6) is 0 Å². The molecular formula is C26H29N3O4S. The number of hydrogen-bond acceptors (Lipinski definition) is 5. The summed E-state index contributed by atoms with van der Waals surface area (Å²) in [6, 6.07) is 16.8. The molecule has 34 heavy (non-hydrogen) atoms. The molecule has 4 rings (SSSR count). The molecule has 0 spiro atoms. The smallest absolute Gasteiger partial charge is 0.337 e. The summed E-state index contributed by atoms with van der Waals surface area (Å²) in [4.78, 5) is 18.1. The van der Waals surface area contributed by atoms with Gasteiger partial charge >= 0.3 is 5.97 Å². The number of piperidine rings is 1. The molecule has 0 bridgehead atoms. The topological polar surface area (TPSA) is 99.6 Å². The number of carbonyl (C=O) groups is 1. The summed E-state index contributed by atoms with van der Waals surface area (Å²) in [5.74, 6) is -0.170. The molecule has 7 nitrogen and oxygen atoms in total. The molecule has 0 saturated carbocycles. The monoisotopic (exact) mass is 479 g/mol. The molecule has 1 aliphatic heterocycles. The van der Waals surface area contributed by atoms with Gasteiger partial charge in [-0.2, -0.15) is 0 Å². The Bertz CT molecular complexity index is 1260. The maximum Gasteiger partial charge on any atom is 0.337 e. The van der Waals surface area contributed by atoms with Crippen molar-refractivity contribution in [2.45, 2.75) is 38.0 Å². The number of pyridine rings is 1. The molecule has 1 saturated heterocycles. The molecule has 1 aliphatic rings. The predicted octanol–water partition coefficient (Wildman–Crippen LogP) is 4.66. The van der Waals surface area contributed by atoms with E-state index in [1.165, 1.54) is 17.8 Å². The fourth-order valence-electron chi connectivity index (χ4n) is 4.49. The van der Waals surface area contributed by atoms with E-state index in [0.717, 1.165) is 43.5 Å². The Morgan fingerprint density at radius 1 is 1.06 bits per heavy atom. The second-order valence-corrected chi connectivity index (χ2v) is 10.6. The minimum absolute atomic E-state index is 0.0687. The van der Waals surface area contributed by atoms with E-state index in [4.69, 9.17) is 0 Å². The number of rotatable bonds is 7. The van der Waals surface area contributed by atoms with Crippen LogP contribution >= 0.6 is 0 Å². The Morgan fingerprint density at radius 3 is 2.32 bits per heavy atom. The number of carboxylic acids is 1. The van der Waals surface area contributed by atoms with Gasteiger partial charge in [-0.3, -0.25) is 4.72 Å². The van der Waals surface area contributed by atoms with Gasteiger partial charge in [0.25, 0.3) is 10.0 Å². The molecule has 3 aromatic rings. The molecule has 178 valence electrons. The third-order valence-electron chi connectivity index (χ3n) is 6.14. The fraction of sp³-hybridized carbons (Fsp3) is 0.308. The Morgan fingerprint density at radius 2 is 1.71 bits per heavy atom. The van der Waals surface area contributed by atoms with Crippen molar-refractivity contribution in [3.8, 4) is 0 Å². The largest absolute Gasteiger partial charge is 0.478 e. The van der Waals surface area contributed by atoms with Crippen molar-refractivity contribution in [2.75, 3.05) is 22.7 Å². The van der Waals surface area contributed by atoms with Crippen LogP contribution in [0.1, 0.15) is 39.9 Å². The standard InChI is InChI=1S/C26H29N3O4S/c1-18-12-19(2)14-23(13-18)34(32,33)28-24-16-22(26(30)31)17-27-25(24)29-10-8-21(9-11-29)15-20-6-4-3-5-7-20/h3-7,12-14,16-17,21,28H,8-11,15H2,1-2H3,(H,30,31). The molecule has 1 fully saturated rings.